The second kappa shape index (κ2) is 7.81. The van der Waals surface area contributed by atoms with E-state index in [0.29, 0.717) is 18.4 Å². The number of carbonyl (C=O) groups is 2. The van der Waals surface area contributed by atoms with Gasteiger partial charge in [-0.05, 0) is 37.2 Å². The minimum Gasteiger partial charge on any atom is -0.352 e. The van der Waals surface area contributed by atoms with Gasteiger partial charge in [0.25, 0.3) is 0 Å². The van der Waals surface area contributed by atoms with Crippen molar-refractivity contribution in [3.63, 3.8) is 0 Å². The molecule has 1 aromatic carbocycles. The monoisotopic (exact) mass is 288 g/mol. The van der Waals surface area contributed by atoms with Gasteiger partial charge in [-0.15, -0.1) is 0 Å². The highest BCUT2D eigenvalue weighted by Gasteiger charge is 2.23. The van der Waals surface area contributed by atoms with Crippen LogP contribution in [0.3, 0.4) is 0 Å². The molecule has 114 valence electrons. The minimum absolute atomic E-state index is 0.0403. The highest BCUT2D eigenvalue weighted by atomic mass is 16.2. The Morgan fingerprint density at radius 2 is 1.90 bits per heavy atom. The van der Waals surface area contributed by atoms with Crippen LogP contribution in [0.15, 0.2) is 30.3 Å². The lowest BCUT2D eigenvalue weighted by Crippen LogP contribution is -2.38. The van der Waals surface area contributed by atoms with E-state index in [2.05, 4.69) is 29.7 Å². The van der Waals surface area contributed by atoms with E-state index in [4.69, 9.17) is 0 Å². The van der Waals surface area contributed by atoms with Gasteiger partial charge in [-0.3, -0.25) is 9.59 Å². The fourth-order valence-electron chi connectivity index (χ4n) is 2.23. The van der Waals surface area contributed by atoms with Gasteiger partial charge in [-0.1, -0.05) is 37.3 Å². The first-order chi connectivity index (χ1) is 10.1. The molecule has 2 N–H and O–H groups in total. The van der Waals surface area contributed by atoms with Crippen molar-refractivity contribution in [3.05, 3.63) is 35.9 Å². The lowest BCUT2D eigenvalue weighted by Gasteiger charge is -2.11. The van der Waals surface area contributed by atoms with Gasteiger partial charge in [0.15, 0.2) is 0 Å². The summed E-state index contributed by atoms with van der Waals surface area (Å²) in [5.41, 5.74) is 1.30. The van der Waals surface area contributed by atoms with Crippen LogP contribution in [0, 0.1) is 5.92 Å². The summed E-state index contributed by atoms with van der Waals surface area (Å²) < 4.78 is 0. The van der Waals surface area contributed by atoms with E-state index in [1.54, 1.807) is 0 Å². The van der Waals surface area contributed by atoms with Crippen molar-refractivity contribution < 1.29 is 9.59 Å². The van der Waals surface area contributed by atoms with Gasteiger partial charge < -0.3 is 10.6 Å². The number of amides is 2. The summed E-state index contributed by atoms with van der Waals surface area (Å²) >= 11 is 0. The molecule has 0 bridgehead atoms. The van der Waals surface area contributed by atoms with Gasteiger partial charge in [-0.2, -0.15) is 0 Å². The van der Waals surface area contributed by atoms with E-state index in [1.165, 1.54) is 5.56 Å². The van der Waals surface area contributed by atoms with Crippen LogP contribution in [0.5, 0.6) is 0 Å². The second-order valence-electron chi connectivity index (χ2n) is 5.95. The molecule has 21 heavy (non-hydrogen) atoms. The van der Waals surface area contributed by atoms with E-state index < -0.39 is 0 Å². The van der Waals surface area contributed by atoms with Crippen LogP contribution < -0.4 is 10.6 Å². The number of aryl methyl sites for hydroxylation is 1. The third-order valence-electron chi connectivity index (χ3n) is 3.69. The Labute approximate surface area is 126 Å². The summed E-state index contributed by atoms with van der Waals surface area (Å²) in [4.78, 5) is 23.2. The fraction of sp³-hybridized carbons (Fsp3) is 0.529. The molecule has 0 aliphatic heterocycles. The van der Waals surface area contributed by atoms with Gasteiger partial charge >= 0.3 is 0 Å². The zero-order chi connectivity index (χ0) is 15.1. The molecule has 0 aromatic heterocycles. The van der Waals surface area contributed by atoms with Gasteiger partial charge in [0.1, 0.15) is 0 Å². The van der Waals surface area contributed by atoms with Crippen molar-refractivity contribution in [2.75, 3.05) is 6.54 Å². The zero-order valence-corrected chi connectivity index (χ0v) is 12.6. The molecule has 2 rings (SSSR count). The van der Waals surface area contributed by atoms with Crippen molar-refractivity contribution in [1.29, 1.82) is 0 Å². The molecule has 0 heterocycles. The normalized spacial score (nSPS) is 15.3. The Balaban J connectivity index is 1.59. The summed E-state index contributed by atoms with van der Waals surface area (Å²) in [6, 6.07) is 10.6. The lowest BCUT2D eigenvalue weighted by molar-refractivity contribution is -0.126. The number of hydrogen-bond donors (Lipinski definition) is 2. The molecular formula is C17H24N2O2. The average molecular weight is 288 g/mol. The molecule has 4 nitrogen and oxygen atoms in total. The third-order valence-corrected chi connectivity index (χ3v) is 3.69. The molecule has 2 amide bonds. The van der Waals surface area contributed by atoms with Gasteiger partial charge in [-0.25, -0.2) is 0 Å². The maximum Gasteiger partial charge on any atom is 0.239 e. The summed E-state index contributed by atoms with van der Waals surface area (Å²) in [6.07, 6.45) is 4.57. The largest absolute Gasteiger partial charge is 0.352 e. The van der Waals surface area contributed by atoms with Crippen LogP contribution in [0.4, 0.5) is 0 Å². The fourth-order valence-corrected chi connectivity index (χ4v) is 2.23. The topological polar surface area (TPSA) is 58.2 Å². The molecule has 0 radical (unpaired) electrons. The smallest absolute Gasteiger partial charge is 0.239 e. The Hall–Kier alpha value is -1.84. The van der Waals surface area contributed by atoms with E-state index >= 15 is 0 Å². The second-order valence-corrected chi connectivity index (χ2v) is 5.95. The molecule has 0 spiro atoms. The zero-order valence-electron chi connectivity index (χ0n) is 12.6. The highest BCUT2D eigenvalue weighted by Crippen LogP contribution is 2.18. The lowest BCUT2D eigenvalue weighted by atomic mass is 9.98. The quantitative estimate of drug-likeness (QED) is 0.769. The molecular weight excluding hydrogens is 264 g/mol. The van der Waals surface area contributed by atoms with Crippen LogP contribution in [0.1, 0.15) is 38.2 Å². The number of carbonyl (C=O) groups excluding carboxylic acids is 2. The molecule has 0 saturated heterocycles. The number of nitrogens with one attached hydrogen (secondary N) is 2. The summed E-state index contributed by atoms with van der Waals surface area (Å²) in [6.45, 7) is 2.17. The van der Waals surface area contributed by atoms with Crippen molar-refractivity contribution in [2.24, 2.45) is 5.92 Å². The van der Waals surface area contributed by atoms with Crippen LogP contribution >= 0.6 is 0 Å². The van der Waals surface area contributed by atoms with Crippen LogP contribution in [-0.2, 0) is 16.0 Å². The Bertz CT molecular complexity index is 469. The Morgan fingerprint density at radius 3 is 2.57 bits per heavy atom. The maximum absolute atomic E-state index is 11.8. The molecule has 1 unspecified atom stereocenters. The van der Waals surface area contributed by atoms with Crippen molar-refractivity contribution in [2.45, 2.75) is 45.1 Å². The van der Waals surface area contributed by atoms with Crippen LogP contribution in [0.25, 0.3) is 0 Å². The van der Waals surface area contributed by atoms with Gasteiger partial charge in [0, 0.05) is 12.5 Å². The first-order valence-corrected chi connectivity index (χ1v) is 7.73. The number of hydrogen-bond acceptors (Lipinski definition) is 2. The van der Waals surface area contributed by atoms with Crippen molar-refractivity contribution in [3.8, 4) is 0 Å². The van der Waals surface area contributed by atoms with E-state index in [-0.39, 0.29) is 18.4 Å². The van der Waals surface area contributed by atoms with E-state index in [1.807, 2.05) is 18.2 Å². The standard InChI is InChI=1S/C17H24N2O2/c1-13(7-8-14-5-3-2-4-6-14)11-16(20)18-12-17(21)19-15-9-10-15/h2-6,13,15H,7-12H2,1H3,(H,18,20)(H,19,21). The first kappa shape index (κ1) is 15.5. The average Bonchev–Trinajstić information content (AvgIpc) is 3.28. The Kier molecular flexibility index (Phi) is 5.78. The highest BCUT2D eigenvalue weighted by molar-refractivity contribution is 5.85. The summed E-state index contributed by atoms with van der Waals surface area (Å²) in [5.74, 6) is 0.195. The predicted octanol–water partition coefficient (Wildman–Crippen LogP) is 2.04. The van der Waals surface area contributed by atoms with Gasteiger partial charge in [0.05, 0.1) is 6.54 Å². The molecule has 1 fully saturated rings. The maximum atomic E-state index is 11.8. The van der Waals surface area contributed by atoms with Crippen molar-refractivity contribution >= 4 is 11.8 Å². The SMILES string of the molecule is CC(CCc1ccccc1)CC(=O)NCC(=O)NC1CC1. The summed E-state index contributed by atoms with van der Waals surface area (Å²) in [7, 11) is 0. The van der Waals surface area contributed by atoms with Crippen molar-refractivity contribution in [1.82, 2.24) is 10.6 Å². The van der Waals surface area contributed by atoms with Crippen LogP contribution in [-0.4, -0.2) is 24.4 Å². The Morgan fingerprint density at radius 1 is 1.19 bits per heavy atom. The van der Waals surface area contributed by atoms with Gasteiger partial charge in [0.2, 0.25) is 11.8 Å². The molecule has 1 atom stereocenters. The number of benzene rings is 1. The van der Waals surface area contributed by atoms with E-state index in [9.17, 15) is 9.59 Å². The summed E-state index contributed by atoms with van der Waals surface area (Å²) in [5, 5.41) is 5.55. The molecule has 1 aliphatic rings. The predicted molar refractivity (Wildman–Crippen MR) is 82.7 cm³/mol. The first-order valence-electron chi connectivity index (χ1n) is 7.73. The molecule has 1 aliphatic carbocycles. The minimum atomic E-state index is -0.0808. The van der Waals surface area contributed by atoms with Crippen LogP contribution in [0.2, 0.25) is 0 Å². The third kappa shape index (κ3) is 6.43. The molecule has 1 aromatic rings. The molecule has 4 heteroatoms. The number of rotatable bonds is 8. The van der Waals surface area contributed by atoms with E-state index in [0.717, 1.165) is 25.7 Å². The molecule has 1 saturated carbocycles.